The van der Waals surface area contributed by atoms with E-state index in [4.69, 9.17) is 10.2 Å². The number of carbonyl (C=O) groups is 1. The maximum absolute atomic E-state index is 10.1. The molecule has 0 saturated carbocycles. The van der Waals surface area contributed by atoms with Gasteiger partial charge in [-0.2, -0.15) is 0 Å². The van der Waals surface area contributed by atoms with Crippen molar-refractivity contribution in [2.24, 2.45) is 0 Å². The summed E-state index contributed by atoms with van der Waals surface area (Å²) in [6.07, 6.45) is 3.25. The molecule has 0 aromatic heterocycles. The van der Waals surface area contributed by atoms with Crippen molar-refractivity contribution in [2.45, 2.75) is 0 Å². The van der Waals surface area contributed by atoms with Gasteiger partial charge in [-0.1, -0.05) is 18.2 Å². The van der Waals surface area contributed by atoms with Crippen LogP contribution in [0.5, 0.6) is 5.75 Å². The highest BCUT2D eigenvalue weighted by Crippen LogP contribution is 2.16. The Balaban J connectivity index is 2.89. The van der Waals surface area contributed by atoms with Gasteiger partial charge in [0.25, 0.3) is 0 Å². The zero-order chi connectivity index (χ0) is 8.97. The summed E-state index contributed by atoms with van der Waals surface area (Å²) < 4.78 is 0. The van der Waals surface area contributed by atoms with Crippen LogP contribution in [0.25, 0.3) is 6.08 Å². The molecule has 0 amide bonds. The fourth-order valence-electron chi connectivity index (χ4n) is 0.749. The third kappa shape index (κ3) is 2.12. The van der Waals surface area contributed by atoms with Gasteiger partial charge in [-0.05, 0) is 12.1 Å². The van der Waals surface area contributed by atoms with E-state index in [1.807, 2.05) is 6.08 Å². The number of phenols is 1. The Hall–Kier alpha value is -1.77. The molecule has 61 valence electrons. The van der Waals surface area contributed by atoms with E-state index < -0.39 is 5.97 Å². The molecule has 0 aliphatic heterocycles. The molecule has 0 fully saturated rings. The average Bonchev–Trinajstić information content (AvgIpc) is 2.03. The number of carboxylic acids is 1. The van der Waals surface area contributed by atoms with Gasteiger partial charge in [-0.15, -0.1) is 0 Å². The van der Waals surface area contributed by atoms with Crippen molar-refractivity contribution in [2.75, 3.05) is 0 Å². The number of carboxylic acid groups (broad SMARTS) is 1. The first-order valence-corrected chi connectivity index (χ1v) is 3.31. The molecule has 0 aliphatic rings. The molecular formula is C9H7O3. The summed E-state index contributed by atoms with van der Waals surface area (Å²) in [6, 6.07) is 6.45. The van der Waals surface area contributed by atoms with Crippen molar-refractivity contribution < 1.29 is 15.0 Å². The summed E-state index contributed by atoms with van der Waals surface area (Å²) in [7, 11) is 0. The van der Waals surface area contributed by atoms with Gasteiger partial charge in [-0.25, -0.2) is 4.79 Å². The Morgan fingerprint density at radius 3 is 2.67 bits per heavy atom. The van der Waals surface area contributed by atoms with E-state index in [2.05, 4.69) is 0 Å². The average molecular weight is 163 g/mol. The molecule has 0 unspecified atom stereocenters. The number of benzene rings is 1. The maximum atomic E-state index is 10.1. The quantitative estimate of drug-likeness (QED) is 0.646. The molecule has 12 heavy (non-hydrogen) atoms. The van der Waals surface area contributed by atoms with Gasteiger partial charge in [0.2, 0.25) is 0 Å². The lowest BCUT2D eigenvalue weighted by molar-refractivity contribution is -0.132. The monoisotopic (exact) mass is 163 g/mol. The fraction of sp³-hybridized carbons (Fsp3) is 0. The minimum atomic E-state index is -1.15. The Labute approximate surface area is 69.6 Å². The standard InChI is InChI=1S/C9H7O3/c10-8-4-2-1-3-7(8)5-6-9(11)12/h1-5,10H,(H,11,12). The van der Waals surface area contributed by atoms with Crippen molar-refractivity contribution in [3.63, 3.8) is 0 Å². The van der Waals surface area contributed by atoms with E-state index >= 15 is 0 Å². The number of aromatic hydroxyl groups is 1. The number of para-hydroxylation sites is 1. The van der Waals surface area contributed by atoms with Crippen LogP contribution in [0.1, 0.15) is 5.56 Å². The molecule has 0 bridgehead atoms. The summed E-state index contributed by atoms with van der Waals surface area (Å²) in [5.41, 5.74) is 0.444. The van der Waals surface area contributed by atoms with Gasteiger partial charge < -0.3 is 10.2 Å². The first-order chi connectivity index (χ1) is 5.70. The SMILES string of the molecule is O=C(O)/[C]=C\c1ccccc1O. The highest BCUT2D eigenvalue weighted by Gasteiger charge is 1.94. The number of hydrogen-bond acceptors (Lipinski definition) is 2. The third-order valence-corrected chi connectivity index (χ3v) is 1.29. The van der Waals surface area contributed by atoms with Gasteiger partial charge >= 0.3 is 5.97 Å². The van der Waals surface area contributed by atoms with Crippen LogP contribution in [0, 0.1) is 6.08 Å². The van der Waals surface area contributed by atoms with Crippen molar-refractivity contribution in [1.82, 2.24) is 0 Å². The zero-order valence-corrected chi connectivity index (χ0v) is 6.19. The second kappa shape index (κ2) is 3.57. The molecule has 3 heteroatoms. The van der Waals surface area contributed by atoms with Crippen LogP contribution in [-0.2, 0) is 4.79 Å². The van der Waals surface area contributed by atoms with Crippen molar-refractivity contribution in [3.05, 3.63) is 35.9 Å². The Bertz CT molecular complexity index is 315. The van der Waals surface area contributed by atoms with Crippen LogP contribution < -0.4 is 0 Å². The highest BCUT2D eigenvalue weighted by atomic mass is 16.4. The molecule has 0 atom stereocenters. The van der Waals surface area contributed by atoms with Crippen LogP contribution in [0.4, 0.5) is 0 Å². The van der Waals surface area contributed by atoms with Gasteiger partial charge in [0.05, 0.1) is 6.08 Å². The number of hydrogen-bond donors (Lipinski definition) is 2. The van der Waals surface area contributed by atoms with Crippen LogP contribution >= 0.6 is 0 Å². The van der Waals surface area contributed by atoms with E-state index in [0.29, 0.717) is 5.56 Å². The summed E-state index contributed by atoms with van der Waals surface area (Å²) >= 11 is 0. The molecule has 1 aromatic carbocycles. The van der Waals surface area contributed by atoms with E-state index in [1.165, 1.54) is 12.1 Å². The molecule has 0 aliphatic carbocycles. The molecule has 2 N–H and O–H groups in total. The molecule has 0 heterocycles. The topological polar surface area (TPSA) is 57.5 Å². The summed E-state index contributed by atoms with van der Waals surface area (Å²) in [6.45, 7) is 0. The van der Waals surface area contributed by atoms with Crippen LogP contribution in [0.15, 0.2) is 24.3 Å². The lowest BCUT2D eigenvalue weighted by Crippen LogP contribution is -1.86. The van der Waals surface area contributed by atoms with Crippen molar-refractivity contribution in [1.29, 1.82) is 0 Å². The molecular weight excluding hydrogens is 156 g/mol. The lowest BCUT2D eigenvalue weighted by Gasteiger charge is -1.94. The predicted molar refractivity (Wildman–Crippen MR) is 43.4 cm³/mol. The number of rotatable bonds is 2. The molecule has 1 aromatic rings. The maximum Gasteiger partial charge on any atom is 0.336 e. The fourth-order valence-corrected chi connectivity index (χ4v) is 0.749. The van der Waals surface area contributed by atoms with E-state index in [9.17, 15) is 4.79 Å². The van der Waals surface area contributed by atoms with E-state index in [0.717, 1.165) is 0 Å². The van der Waals surface area contributed by atoms with Crippen molar-refractivity contribution in [3.8, 4) is 5.75 Å². The second-order valence-corrected chi connectivity index (χ2v) is 2.15. The van der Waals surface area contributed by atoms with Crippen LogP contribution in [0.3, 0.4) is 0 Å². The van der Waals surface area contributed by atoms with E-state index in [1.54, 1.807) is 18.2 Å². The Kier molecular flexibility index (Phi) is 2.48. The zero-order valence-electron chi connectivity index (χ0n) is 6.19. The smallest absolute Gasteiger partial charge is 0.336 e. The molecule has 3 nitrogen and oxygen atoms in total. The summed E-state index contributed by atoms with van der Waals surface area (Å²) in [4.78, 5) is 10.1. The first kappa shape index (κ1) is 8.33. The number of phenolic OH excluding ortho intramolecular Hbond substituents is 1. The minimum absolute atomic E-state index is 0.0475. The Morgan fingerprint density at radius 1 is 1.42 bits per heavy atom. The minimum Gasteiger partial charge on any atom is -0.507 e. The molecule has 1 rings (SSSR count). The molecule has 1 radical (unpaired) electrons. The molecule has 0 spiro atoms. The van der Waals surface area contributed by atoms with Gasteiger partial charge in [0.15, 0.2) is 0 Å². The number of aliphatic carboxylic acids is 1. The van der Waals surface area contributed by atoms with Crippen LogP contribution in [-0.4, -0.2) is 16.2 Å². The van der Waals surface area contributed by atoms with Gasteiger partial charge in [0, 0.05) is 5.56 Å². The van der Waals surface area contributed by atoms with Crippen LogP contribution in [0.2, 0.25) is 0 Å². The van der Waals surface area contributed by atoms with Gasteiger partial charge in [0.1, 0.15) is 5.75 Å². The predicted octanol–water partition coefficient (Wildman–Crippen LogP) is 1.29. The van der Waals surface area contributed by atoms with Gasteiger partial charge in [-0.3, -0.25) is 0 Å². The van der Waals surface area contributed by atoms with Crippen molar-refractivity contribution >= 4 is 12.0 Å². The normalized spacial score (nSPS) is 10.3. The summed E-state index contributed by atoms with van der Waals surface area (Å²) in [5.74, 6) is -1.11. The second-order valence-electron chi connectivity index (χ2n) is 2.15. The first-order valence-electron chi connectivity index (χ1n) is 3.31. The largest absolute Gasteiger partial charge is 0.507 e. The summed E-state index contributed by atoms with van der Waals surface area (Å²) in [5, 5.41) is 17.4. The lowest BCUT2D eigenvalue weighted by atomic mass is 10.2. The van der Waals surface area contributed by atoms with E-state index in [-0.39, 0.29) is 5.75 Å². The highest BCUT2D eigenvalue weighted by molar-refractivity contribution is 5.81. The molecule has 0 saturated heterocycles. The Morgan fingerprint density at radius 2 is 2.08 bits per heavy atom. The third-order valence-electron chi connectivity index (χ3n) is 1.29.